The number of hydrogen-bond acceptors (Lipinski definition) is 3. The number of nitrogens with zero attached hydrogens (tertiary/aromatic N) is 1. The summed E-state index contributed by atoms with van der Waals surface area (Å²) in [5.41, 5.74) is 1.97. The number of Topliss-reactive ketones (excluding diaryl/α,β-unsaturated/α-hetero) is 1. The molecule has 1 aromatic carbocycles. The Balaban J connectivity index is 1.80. The molecular formula is C17H24N2O2. The Labute approximate surface area is 126 Å². The molecule has 0 saturated heterocycles. The van der Waals surface area contributed by atoms with Crippen LogP contribution in [0.15, 0.2) is 24.3 Å². The third-order valence-electron chi connectivity index (χ3n) is 3.58. The summed E-state index contributed by atoms with van der Waals surface area (Å²) in [7, 11) is 1.80. The summed E-state index contributed by atoms with van der Waals surface area (Å²) >= 11 is 0. The van der Waals surface area contributed by atoms with Gasteiger partial charge < -0.3 is 5.32 Å². The van der Waals surface area contributed by atoms with Gasteiger partial charge in [0.15, 0.2) is 5.78 Å². The molecule has 0 radical (unpaired) electrons. The molecule has 0 aromatic heterocycles. The Hall–Kier alpha value is -1.68. The highest BCUT2D eigenvalue weighted by atomic mass is 16.2. The Bertz CT molecular complexity index is 492. The van der Waals surface area contributed by atoms with E-state index in [0.717, 1.165) is 25.7 Å². The molecule has 1 aliphatic carbocycles. The van der Waals surface area contributed by atoms with Crippen molar-refractivity contribution < 1.29 is 9.59 Å². The monoisotopic (exact) mass is 288 g/mol. The van der Waals surface area contributed by atoms with Crippen LogP contribution in [-0.2, 0) is 11.2 Å². The van der Waals surface area contributed by atoms with E-state index in [2.05, 4.69) is 12.2 Å². The van der Waals surface area contributed by atoms with Crippen molar-refractivity contribution in [1.82, 2.24) is 10.2 Å². The van der Waals surface area contributed by atoms with E-state index in [1.807, 2.05) is 24.3 Å². The first-order valence-electron chi connectivity index (χ1n) is 7.68. The number of likely N-dealkylation sites (N-methyl/N-ethyl adjacent to an activating group) is 1. The molecule has 1 aromatic rings. The molecular weight excluding hydrogens is 264 g/mol. The second-order valence-corrected chi connectivity index (χ2v) is 5.88. The number of benzene rings is 1. The van der Waals surface area contributed by atoms with Crippen LogP contribution in [0.2, 0.25) is 0 Å². The average molecular weight is 288 g/mol. The highest BCUT2D eigenvalue weighted by Gasteiger charge is 2.23. The van der Waals surface area contributed by atoms with Gasteiger partial charge in [-0.15, -0.1) is 0 Å². The van der Waals surface area contributed by atoms with Crippen LogP contribution in [0.1, 0.15) is 42.1 Å². The number of carbonyl (C=O) groups is 2. The lowest BCUT2D eigenvalue weighted by molar-refractivity contribution is -0.121. The fourth-order valence-corrected chi connectivity index (χ4v) is 2.28. The van der Waals surface area contributed by atoms with E-state index in [9.17, 15) is 9.59 Å². The summed E-state index contributed by atoms with van der Waals surface area (Å²) in [6.07, 6.45) is 4.30. The Morgan fingerprint density at radius 3 is 2.43 bits per heavy atom. The minimum Gasteiger partial charge on any atom is -0.352 e. The van der Waals surface area contributed by atoms with E-state index in [0.29, 0.717) is 11.6 Å². The molecule has 1 fully saturated rings. The molecule has 0 aliphatic heterocycles. The first-order chi connectivity index (χ1) is 10.1. The van der Waals surface area contributed by atoms with Gasteiger partial charge in [-0.3, -0.25) is 14.5 Å². The zero-order valence-corrected chi connectivity index (χ0v) is 12.9. The molecule has 0 bridgehead atoms. The van der Waals surface area contributed by atoms with Gasteiger partial charge in [0.05, 0.1) is 13.1 Å². The zero-order chi connectivity index (χ0) is 15.2. The normalized spacial score (nSPS) is 14.2. The second-order valence-electron chi connectivity index (χ2n) is 5.88. The van der Waals surface area contributed by atoms with Crippen molar-refractivity contribution in [3.05, 3.63) is 35.4 Å². The fourth-order valence-electron chi connectivity index (χ4n) is 2.28. The van der Waals surface area contributed by atoms with Gasteiger partial charge in [-0.05, 0) is 31.9 Å². The van der Waals surface area contributed by atoms with Gasteiger partial charge in [-0.2, -0.15) is 0 Å². The third kappa shape index (κ3) is 5.31. The Morgan fingerprint density at radius 2 is 1.86 bits per heavy atom. The van der Waals surface area contributed by atoms with Gasteiger partial charge in [0.2, 0.25) is 5.91 Å². The maximum absolute atomic E-state index is 12.2. The first kappa shape index (κ1) is 15.7. The Kier molecular flexibility index (Phi) is 5.51. The van der Waals surface area contributed by atoms with Crippen LogP contribution < -0.4 is 5.32 Å². The van der Waals surface area contributed by atoms with E-state index in [-0.39, 0.29) is 24.8 Å². The number of nitrogens with one attached hydrogen (secondary N) is 1. The largest absolute Gasteiger partial charge is 0.352 e. The highest BCUT2D eigenvalue weighted by molar-refractivity contribution is 5.97. The van der Waals surface area contributed by atoms with Crippen molar-refractivity contribution >= 4 is 11.7 Å². The smallest absolute Gasteiger partial charge is 0.234 e. The molecule has 21 heavy (non-hydrogen) atoms. The van der Waals surface area contributed by atoms with Crippen LogP contribution in [0.25, 0.3) is 0 Å². The molecule has 4 nitrogen and oxygen atoms in total. The number of amides is 1. The van der Waals surface area contributed by atoms with Gasteiger partial charge >= 0.3 is 0 Å². The maximum atomic E-state index is 12.2. The van der Waals surface area contributed by atoms with E-state index in [1.54, 1.807) is 11.9 Å². The minimum absolute atomic E-state index is 0.00564. The summed E-state index contributed by atoms with van der Waals surface area (Å²) in [6, 6.07) is 8.15. The summed E-state index contributed by atoms with van der Waals surface area (Å²) in [6.45, 7) is 2.68. The quantitative estimate of drug-likeness (QED) is 0.745. The Morgan fingerprint density at radius 1 is 1.19 bits per heavy atom. The van der Waals surface area contributed by atoms with Crippen molar-refractivity contribution in [2.75, 3.05) is 20.1 Å². The summed E-state index contributed by atoms with van der Waals surface area (Å²) in [5, 5.41) is 2.93. The molecule has 1 saturated carbocycles. The summed E-state index contributed by atoms with van der Waals surface area (Å²) in [5.74, 6) is 0.0610. The first-order valence-corrected chi connectivity index (χ1v) is 7.68. The molecule has 0 spiro atoms. The van der Waals surface area contributed by atoms with Crippen LogP contribution in [0, 0.1) is 0 Å². The molecule has 1 aliphatic rings. The third-order valence-corrected chi connectivity index (χ3v) is 3.58. The number of rotatable bonds is 8. The van der Waals surface area contributed by atoms with Crippen molar-refractivity contribution in [3.63, 3.8) is 0 Å². The average Bonchev–Trinajstić information content (AvgIpc) is 3.23. The number of ketones is 1. The lowest BCUT2D eigenvalue weighted by Crippen LogP contribution is -2.38. The fraction of sp³-hybridized carbons (Fsp3) is 0.529. The molecule has 0 unspecified atom stereocenters. The van der Waals surface area contributed by atoms with Crippen molar-refractivity contribution in [3.8, 4) is 0 Å². The van der Waals surface area contributed by atoms with Crippen LogP contribution in [0.5, 0.6) is 0 Å². The lowest BCUT2D eigenvalue weighted by atomic mass is 10.1. The van der Waals surface area contributed by atoms with Crippen molar-refractivity contribution in [2.45, 2.75) is 38.6 Å². The van der Waals surface area contributed by atoms with E-state index < -0.39 is 0 Å². The predicted octanol–water partition coefficient (Wildman–Crippen LogP) is 2.03. The summed E-state index contributed by atoms with van der Waals surface area (Å²) < 4.78 is 0. The van der Waals surface area contributed by atoms with Crippen LogP contribution in [-0.4, -0.2) is 42.8 Å². The SMILES string of the molecule is CCCc1ccc(C(=O)CN(C)CC(=O)NC2CC2)cc1. The lowest BCUT2D eigenvalue weighted by Gasteiger charge is -2.15. The van der Waals surface area contributed by atoms with E-state index in [1.165, 1.54) is 5.56 Å². The van der Waals surface area contributed by atoms with Crippen molar-refractivity contribution in [2.24, 2.45) is 0 Å². The maximum Gasteiger partial charge on any atom is 0.234 e. The van der Waals surface area contributed by atoms with Crippen LogP contribution >= 0.6 is 0 Å². The van der Waals surface area contributed by atoms with Crippen LogP contribution in [0.4, 0.5) is 0 Å². The molecule has 114 valence electrons. The van der Waals surface area contributed by atoms with E-state index in [4.69, 9.17) is 0 Å². The van der Waals surface area contributed by atoms with Gasteiger partial charge in [0, 0.05) is 11.6 Å². The van der Waals surface area contributed by atoms with Gasteiger partial charge in [0.1, 0.15) is 0 Å². The summed E-state index contributed by atoms with van der Waals surface area (Å²) in [4.78, 5) is 25.6. The minimum atomic E-state index is 0.00564. The van der Waals surface area contributed by atoms with Gasteiger partial charge in [0.25, 0.3) is 0 Å². The highest BCUT2D eigenvalue weighted by Crippen LogP contribution is 2.18. The molecule has 1 N–H and O–H groups in total. The molecule has 2 rings (SSSR count). The standard InChI is InChI=1S/C17H24N2O2/c1-3-4-13-5-7-14(8-6-13)16(20)11-19(2)12-17(21)18-15-9-10-15/h5-8,15H,3-4,9-12H2,1-2H3,(H,18,21). The van der Waals surface area contributed by atoms with Crippen molar-refractivity contribution in [1.29, 1.82) is 0 Å². The number of hydrogen-bond donors (Lipinski definition) is 1. The van der Waals surface area contributed by atoms with E-state index >= 15 is 0 Å². The molecule has 1 amide bonds. The number of aryl methyl sites for hydroxylation is 1. The molecule has 4 heteroatoms. The van der Waals surface area contributed by atoms with Gasteiger partial charge in [-0.25, -0.2) is 0 Å². The topological polar surface area (TPSA) is 49.4 Å². The van der Waals surface area contributed by atoms with Gasteiger partial charge in [-0.1, -0.05) is 37.6 Å². The molecule has 0 heterocycles. The zero-order valence-electron chi connectivity index (χ0n) is 12.9. The van der Waals surface area contributed by atoms with Crippen LogP contribution in [0.3, 0.4) is 0 Å². The second kappa shape index (κ2) is 7.36. The predicted molar refractivity (Wildman–Crippen MR) is 83.4 cm³/mol. The number of carbonyl (C=O) groups excluding carboxylic acids is 2. The molecule has 0 atom stereocenters.